The Labute approximate surface area is 150 Å². The Bertz CT molecular complexity index is 857. The lowest BCUT2D eigenvalue weighted by Crippen LogP contribution is -2.46. The Kier molecular flexibility index (Phi) is 4.42. The molecule has 0 unspecified atom stereocenters. The standard InChI is InChI=1S/C17H19ClN6O/c1-25-16-5-3-13-17(22-16)21-14(20-13)11-23-6-8-24(9-7-23)15-4-2-12(18)10-19-15/h2-5,10H,6-9,11H2,1H3,(H,20,21,22). The van der Waals surface area contributed by atoms with Crippen LogP contribution in [0.1, 0.15) is 5.82 Å². The SMILES string of the molecule is COc1ccc2[nH]c(CN3CCN(c4ccc(Cl)cn4)CC3)nc2n1. The van der Waals surface area contributed by atoms with Crippen molar-refractivity contribution in [3.05, 3.63) is 41.3 Å². The summed E-state index contributed by atoms with van der Waals surface area (Å²) < 4.78 is 5.15. The summed E-state index contributed by atoms with van der Waals surface area (Å²) in [5.74, 6) is 2.48. The van der Waals surface area contributed by atoms with Crippen LogP contribution in [0.3, 0.4) is 0 Å². The first-order valence-electron chi connectivity index (χ1n) is 8.20. The molecule has 0 radical (unpaired) electrons. The van der Waals surface area contributed by atoms with E-state index in [0.29, 0.717) is 16.5 Å². The van der Waals surface area contributed by atoms with Gasteiger partial charge in [0.1, 0.15) is 11.6 Å². The number of nitrogens with zero attached hydrogens (tertiary/aromatic N) is 5. The zero-order valence-electron chi connectivity index (χ0n) is 13.9. The molecule has 1 fully saturated rings. The third kappa shape index (κ3) is 3.52. The van der Waals surface area contributed by atoms with Crippen molar-refractivity contribution in [2.75, 3.05) is 38.2 Å². The van der Waals surface area contributed by atoms with E-state index in [1.54, 1.807) is 13.3 Å². The van der Waals surface area contributed by atoms with Crippen LogP contribution >= 0.6 is 11.6 Å². The number of hydrogen-bond donors (Lipinski definition) is 1. The van der Waals surface area contributed by atoms with Crippen molar-refractivity contribution in [3.63, 3.8) is 0 Å². The summed E-state index contributed by atoms with van der Waals surface area (Å²) >= 11 is 5.90. The van der Waals surface area contributed by atoms with Gasteiger partial charge in [-0.15, -0.1) is 0 Å². The number of anilines is 1. The molecule has 3 aromatic rings. The minimum Gasteiger partial charge on any atom is -0.481 e. The van der Waals surface area contributed by atoms with Crippen LogP contribution in [0.4, 0.5) is 5.82 Å². The number of pyridine rings is 2. The summed E-state index contributed by atoms with van der Waals surface area (Å²) in [5, 5.41) is 0.664. The highest BCUT2D eigenvalue weighted by atomic mass is 35.5. The van der Waals surface area contributed by atoms with Crippen molar-refractivity contribution in [1.82, 2.24) is 24.8 Å². The summed E-state index contributed by atoms with van der Waals surface area (Å²) in [7, 11) is 1.61. The molecule has 1 saturated heterocycles. The minimum absolute atomic E-state index is 0.578. The van der Waals surface area contributed by atoms with E-state index in [2.05, 4.69) is 29.7 Å². The van der Waals surface area contributed by atoms with Crippen molar-refractivity contribution in [2.45, 2.75) is 6.54 Å². The average molecular weight is 359 g/mol. The second kappa shape index (κ2) is 6.85. The maximum Gasteiger partial charge on any atom is 0.215 e. The van der Waals surface area contributed by atoms with Gasteiger partial charge in [0.05, 0.1) is 24.2 Å². The number of aromatic nitrogens is 4. The van der Waals surface area contributed by atoms with Gasteiger partial charge in [0.15, 0.2) is 5.65 Å². The van der Waals surface area contributed by atoms with Gasteiger partial charge in [-0.25, -0.2) is 9.97 Å². The number of imidazole rings is 1. The summed E-state index contributed by atoms with van der Waals surface area (Å²) in [6.45, 7) is 4.55. The zero-order valence-corrected chi connectivity index (χ0v) is 14.7. The van der Waals surface area contributed by atoms with Crippen LogP contribution in [-0.4, -0.2) is 58.1 Å². The number of aromatic amines is 1. The van der Waals surface area contributed by atoms with Gasteiger partial charge in [0, 0.05) is 38.4 Å². The normalized spacial score (nSPS) is 15.7. The van der Waals surface area contributed by atoms with E-state index in [4.69, 9.17) is 16.3 Å². The predicted octanol–water partition coefficient (Wildman–Crippen LogP) is 2.34. The molecule has 7 nitrogen and oxygen atoms in total. The quantitative estimate of drug-likeness (QED) is 0.772. The number of H-pyrrole nitrogens is 1. The maximum atomic E-state index is 5.90. The lowest BCUT2D eigenvalue weighted by Gasteiger charge is -2.34. The fraction of sp³-hybridized carbons (Fsp3) is 0.353. The Morgan fingerprint density at radius 3 is 2.68 bits per heavy atom. The van der Waals surface area contributed by atoms with E-state index >= 15 is 0 Å². The molecule has 130 valence electrons. The van der Waals surface area contributed by atoms with Crippen LogP contribution in [0, 0.1) is 0 Å². The highest BCUT2D eigenvalue weighted by Gasteiger charge is 2.19. The summed E-state index contributed by atoms with van der Waals surface area (Å²) in [4.78, 5) is 21.3. The van der Waals surface area contributed by atoms with Crippen LogP contribution < -0.4 is 9.64 Å². The molecule has 0 aromatic carbocycles. The third-order valence-corrected chi connectivity index (χ3v) is 4.58. The molecule has 0 atom stereocenters. The van der Waals surface area contributed by atoms with Crippen molar-refractivity contribution < 1.29 is 4.74 Å². The largest absolute Gasteiger partial charge is 0.481 e. The van der Waals surface area contributed by atoms with E-state index in [1.807, 2.05) is 24.3 Å². The first-order chi connectivity index (χ1) is 12.2. The fourth-order valence-corrected chi connectivity index (χ4v) is 3.13. The van der Waals surface area contributed by atoms with Gasteiger partial charge < -0.3 is 14.6 Å². The van der Waals surface area contributed by atoms with Gasteiger partial charge in [-0.05, 0) is 18.2 Å². The molecule has 1 aliphatic heterocycles. The van der Waals surface area contributed by atoms with Crippen LogP contribution in [-0.2, 0) is 6.54 Å². The number of piperazine rings is 1. The predicted molar refractivity (Wildman–Crippen MR) is 97.2 cm³/mol. The van der Waals surface area contributed by atoms with Crippen LogP contribution in [0.25, 0.3) is 11.2 Å². The number of fused-ring (bicyclic) bond motifs is 1. The number of hydrogen-bond acceptors (Lipinski definition) is 6. The molecule has 25 heavy (non-hydrogen) atoms. The Hall–Kier alpha value is -2.38. The maximum absolute atomic E-state index is 5.90. The zero-order chi connectivity index (χ0) is 17.2. The smallest absolute Gasteiger partial charge is 0.215 e. The molecular weight excluding hydrogens is 340 g/mol. The monoisotopic (exact) mass is 358 g/mol. The molecule has 8 heteroatoms. The van der Waals surface area contributed by atoms with Gasteiger partial charge in [-0.2, -0.15) is 4.98 Å². The first kappa shape index (κ1) is 16.1. The van der Waals surface area contributed by atoms with E-state index in [1.165, 1.54) is 0 Å². The summed E-state index contributed by atoms with van der Waals surface area (Å²) in [5.41, 5.74) is 1.62. The van der Waals surface area contributed by atoms with Crippen molar-refractivity contribution in [3.8, 4) is 5.88 Å². The summed E-state index contributed by atoms with van der Waals surface area (Å²) in [6, 6.07) is 7.63. The molecule has 4 rings (SSSR count). The number of methoxy groups -OCH3 is 1. The van der Waals surface area contributed by atoms with Crippen LogP contribution in [0.15, 0.2) is 30.5 Å². The van der Waals surface area contributed by atoms with E-state index in [9.17, 15) is 0 Å². The highest BCUT2D eigenvalue weighted by Crippen LogP contribution is 2.18. The lowest BCUT2D eigenvalue weighted by molar-refractivity contribution is 0.244. The Balaban J connectivity index is 1.39. The number of halogens is 1. The van der Waals surface area contributed by atoms with Gasteiger partial charge >= 0.3 is 0 Å². The Morgan fingerprint density at radius 1 is 1.12 bits per heavy atom. The van der Waals surface area contributed by atoms with Gasteiger partial charge in [-0.1, -0.05) is 11.6 Å². The van der Waals surface area contributed by atoms with Gasteiger partial charge in [-0.3, -0.25) is 4.90 Å². The van der Waals surface area contributed by atoms with Crippen molar-refractivity contribution >= 4 is 28.6 Å². The number of nitrogens with one attached hydrogen (secondary N) is 1. The molecule has 4 heterocycles. The molecule has 0 aliphatic carbocycles. The molecule has 1 N–H and O–H groups in total. The van der Waals surface area contributed by atoms with Gasteiger partial charge in [0.25, 0.3) is 0 Å². The number of rotatable bonds is 4. The van der Waals surface area contributed by atoms with Gasteiger partial charge in [0.2, 0.25) is 5.88 Å². The molecule has 0 spiro atoms. The fourth-order valence-electron chi connectivity index (χ4n) is 3.02. The molecule has 0 bridgehead atoms. The van der Waals surface area contributed by atoms with Crippen molar-refractivity contribution in [2.24, 2.45) is 0 Å². The van der Waals surface area contributed by atoms with Crippen molar-refractivity contribution in [1.29, 1.82) is 0 Å². The second-order valence-corrected chi connectivity index (χ2v) is 6.44. The molecule has 0 amide bonds. The molecule has 1 aliphatic rings. The summed E-state index contributed by atoms with van der Waals surface area (Å²) in [6.07, 6.45) is 1.69. The number of ether oxygens (including phenoxy) is 1. The van der Waals surface area contributed by atoms with Crippen LogP contribution in [0.5, 0.6) is 5.88 Å². The van der Waals surface area contributed by atoms with E-state index < -0.39 is 0 Å². The molecule has 3 aromatic heterocycles. The molecule has 0 saturated carbocycles. The third-order valence-electron chi connectivity index (χ3n) is 4.36. The Morgan fingerprint density at radius 2 is 1.96 bits per heavy atom. The molecular formula is C17H19ClN6O. The minimum atomic E-state index is 0.578. The topological polar surface area (TPSA) is 70.2 Å². The lowest BCUT2D eigenvalue weighted by atomic mass is 10.3. The van der Waals surface area contributed by atoms with E-state index in [-0.39, 0.29) is 0 Å². The highest BCUT2D eigenvalue weighted by molar-refractivity contribution is 6.30. The average Bonchev–Trinajstić information content (AvgIpc) is 3.04. The van der Waals surface area contributed by atoms with E-state index in [0.717, 1.165) is 49.9 Å². The second-order valence-electron chi connectivity index (χ2n) is 6.01. The first-order valence-corrected chi connectivity index (χ1v) is 8.57. The van der Waals surface area contributed by atoms with Crippen LogP contribution in [0.2, 0.25) is 5.02 Å².